The molecule has 3 aliphatic heterocycles. The molecule has 1 unspecified atom stereocenters. The zero-order valence-corrected chi connectivity index (χ0v) is 16.8. The molecule has 5 heterocycles. The van der Waals surface area contributed by atoms with Gasteiger partial charge in [-0.3, -0.25) is 0 Å². The van der Waals surface area contributed by atoms with Gasteiger partial charge in [0.1, 0.15) is 11.7 Å². The van der Waals surface area contributed by atoms with Crippen LogP contribution in [0, 0.1) is 0 Å². The van der Waals surface area contributed by atoms with E-state index in [1.54, 1.807) is 30.9 Å². The molecule has 6 nitrogen and oxygen atoms in total. The van der Waals surface area contributed by atoms with Crippen LogP contribution in [0.3, 0.4) is 0 Å². The molecule has 0 fully saturated rings. The Kier molecular flexibility index (Phi) is 4.68. The number of hydrogen-bond donors (Lipinski definition) is 1. The average molecular weight is 426 g/mol. The molecule has 0 radical (unpaired) electrons. The SMILES string of the molecule is CCC1C=C([C@@H]2c3nc[nH]c3CCN2c2ncccn2)C=C2C=CC=C(C(F)(F)F)N21. The van der Waals surface area contributed by atoms with E-state index >= 15 is 0 Å². The summed E-state index contributed by atoms with van der Waals surface area (Å²) < 4.78 is 41.0. The van der Waals surface area contributed by atoms with Crippen molar-refractivity contribution in [3.63, 3.8) is 0 Å². The number of halogens is 3. The number of H-pyrrole nitrogens is 1. The van der Waals surface area contributed by atoms with Gasteiger partial charge in [-0.1, -0.05) is 19.1 Å². The Labute approximate surface area is 177 Å². The van der Waals surface area contributed by atoms with Gasteiger partial charge in [0.05, 0.1) is 18.1 Å². The predicted molar refractivity (Wildman–Crippen MR) is 110 cm³/mol. The molecule has 0 bridgehead atoms. The van der Waals surface area contributed by atoms with Gasteiger partial charge >= 0.3 is 6.18 Å². The zero-order chi connectivity index (χ0) is 21.6. The maximum atomic E-state index is 13.7. The summed E-state index contributed by atoms with van der Waals surface area (Å²) in [5.41, 5.74) is 2.66. The smallest absolute Gasteiger partial charge is 0.348 e. The number of fused-ring (bicyclic) bond motifs is 2. The lowest BCUT2D eigenvalue weighted by Crippen LogP contribution is -2.43. The first-order chi connectivity index (χ1) is 15.0. The van der Waals surface area contributed by atoms with Crippen molar-refractivity contribution >= 4 is 5.95 Å². The van der Waals surface area contributed by atoms with Crippen LogP contribution in [0.15, 0.2) is 72.1 Å². The molecule has 0 aromatic carbocycles. The molecule has 0 aliphatic carbocycles. The summed E-state index contributed by atoms with van der Waals surface area (Å²) in [5.74, 6) is 0.575. The van der Waals surface area contributed by atoms with Crippen LogP contribution in [0.2, 0.25) is 0 Å². The summed E-state index contributed by atoms with van der Waals surface area (Å²) in [5, 5.41) is 0. The summed E-state index contributed by atoms with van der Waals surface area (Å²) in [4.78, 5) is 20.0. The summed E-state index contributed by atoms with van der Waals surface area (Å²) in [6, 6.07) is 1.05. The van der Waals surface area contributed by atoms with Gasteiger partial charge in [0.2, 0.25) is 5.95 Å². The van der Waals surface area contributed by atoms with Gasteiger partial charge in [-0.15, -0.1) is 0 Å². The van der Waals surface area contributed by atoms with Crippen molar-refractivity contribution in [3.05, 3.63) is 83.5 Å². The van der Waals surface area contributed by atoms with Crippen LogP contribution < -0.4 is 4.90 Å². The highest BCUT2D eigenvalue weighted by molar-refractivity contribution is 5.52. The minimum absolute atomic E-state index is 0.283. The molecule has 0 saturated heterocycles. The highest BCUT2D eigenvalue weighted by atomic mass is 19.4. The first-order valence-corrected chi connectivity index (χ1v) is 10.2. The lowest BCUT2D eigenvalue weighted by Gasteiger charge is -2.42. The van der Waals surface area contributed by atoms with Crippen molar-refractivity contribution in [2.75, 3.05) is 11.4 Å². The maximum absolute atomic E-state index is 13.7. The molecule has 0 spiro atoms. The van der Waals surface area contributed by atoms with E-state index < -0.39 is 17.9 Å². The molecule has 2 aromatic rings. The number of hydrogen-bond acceptors (Lipinski definition) is 5. The lowest BCUT2D eigenvalue weighted by atomic mass is 9.89. The molecule has 2 aromatic heterocycles. The Bertz CT molecular complexity index is 1100. The Morgan fingerprint density at radius 2 is 2.00 bits per heavy atom. The van der Waals surface area contributed by atoms with Crippen LogP contribution in [0.5, 0.6) is 0 Å². The number of nitrogens with zero attached hydrogens (tertiary/aromatic N) is 5. The molecule has 0 saturated carbocycles. The molecule has 0 amide bonds. The first kappa shape index (κ1) is 19.6. The lowest BCUT2D eigenvalue weighted by molar-refractivity contribution is -0.110. The fraction of sp³-hybridized carbons (Fsp3) is 0.318. The Hall–Kier alpha value is -3.36. The summed E-state index contributed by atoms with van der Waals surface area (Å²) in [6.45, 7) is 2.57. The average Bonchev–Trinajstić information content (AvgIpc) is 3.26. The molecule has 31 heavy (non-hydrogen) atoms. The van der Waals surface area contributed by atoms with Crippen molar-refractivity contribution in [1.29, 1.82) is 0 Å². The van der Waals surface area contributed by atoms with E-state index in [2.05, 4.69) is 24.8 Å². The van der Waals surface area contributed by atoms with E-state index in [4.69, 9.17) is 0 Å². The molecule has 5 rings (SSSR count). The van der Waals surface area contributed by atoms with Crippen molar-refractivity contribution in [2.24, 2.45) is 0 Å². The Morgan fingerprint density at radius 3 is 2.74 bits per heavy atom. The van der Waals surface area contributed by atoms with Gasteiger partial charge in [-0.2, -0.15) is 13.2 Å². The number of aromatic amines is 1. The molecule has 1 N–H and O–H groups in total. The third kappa shape index (κ3) is 3.34. The van der Waals surface area contributed by atoms with Gasteiger partial charge in [0.15, 0.2) is 0 Å². The van der Waals surface area contributed by atoms with Crippen molar-refractivity contribution in [3.8, 4) is 0 Å². The van der Waals surface area contributed by atoms with E-state index in [-0.39, 0.29) is 6.04 Å². The molecular weight excluding hydrogens is 405 g/mol. The number of anilines is 1. The van der Waals surface area contributed by atoms with Gasteiger partial charge in [-0.05, 0) is 36.3 Å². The van der Waals surface area contributed by atoms with Gasteiger partial charge in [-0.25, -0.2) is 15.0 Å². The Morgan fingerprint density at radius 1 is 1.19 bits per heavy atom. The zero-order valence-electron chi connectivity index (χ0n) is 16.8. The molecule has 3 aliphatic rings. The quantitative estimate of drug-likeness (QED) is 0.796. The summed E-state index contributed by atoms with van der Waals surface area (Å²) in [6.07, 6.45) is 9.98. The van der Waals surface area contributed by atoms with Gasteiger partial charge < -0.3 is 14.8 Å². The standard InChI is InChI=1S/C22H21F3N6/c1-2-15-11-14(12-16-5-3-6-18(31(15)16)22(23,24)25)20-19-17(28-13-29-19)7-10-30(20)21-26-8-4-9-27-21/h3-6,8-9,11-13,15,20H,2,7,10H2,1H3,(H,28,29)/t15?,20-/m1/s1. The van der Waals surface area contributed by atoms with Crippen LogP contribution in [0.25, 0.3) is 0 Å². The van der Waals surface area contributed by atoms with E-state index in [0.29, 0.717) is 24.6 Å². The first-order valence-electron chi connectivity index (χ1n) is 10.2. The molecule has 9 heteroatoms. The van der Waals surface area contributed by atoms with Crippen LogP contribution in [0.1, 0.15) is 30.8 Å². The van der Waals surface area contributed by atoms with Gasteiger partial charge in [0, 0.05) is 36.8 Å². The highest BCUT2D eigenvalue weighted by Crippen LogP contribution is 2.43. The number of imidazole rings is 1. The number of allylic oxidation sites excluding steroid dienone is 4. The number of rotatable bonds is 3. The second-order valence-corrected chi connectivity index (χ2v) is 7.65. The maximum Gasteiger partial charge on any atom is 0.431 e. The van der Waals surface area contributed by atoms with E-state index in [0.717, 1.165) is 29.5 Å². The fourth-order valence-electron chi connectivity index (χ4n) is 4.51. The van der Waals surface area contributed by atoms with E-state index in [1.165, 1.54) is 11.0 Å². The normalized spacial score (nSPS) is 23.0. The largest absolute Gasteiger partial charge is 0.431 e. The second kappa shape index (κ2) is 7.40. The van der Waals surface area contributed by atoms with Crippen molar-refractivity contribution in [2.45, 2.75) is 38.0 Å². The second-order valence-electron chi connectivity index (χ2n) is 7.65. The highest BCUT2D eigenvalue weighted by Gasteiger charge is 2.43. The molecule has 2 atom stereocenters. The van der Waals surface area contributed by atoms with E-state index in [9.17, 15) is 13.2 Å². The monoisotopic (exact) mass is 426 g/mol. The molecular formula is C22H21F3N6. The minimum atomic E-state index is -4.42. The number of nitrogens with one attached hydrogen (secondary N) is 1. The minimum Gasteiger partial charge on any atom is -0.348 e. The third-order valence-electron chi connectivity index (χ3n) is 5.85. The summed E-state index contributed by atoms with van der Waals surface area (Å²) in [7, 11) is 0. The Balaban J connectivity index is 1.60. The van der Waals surface area contributed by atoms with Gasteiger partial charge in [0.25, 0.3) is 0 Å². The van der Waals surface area contributed by atoms with Crippen LogP contribution in [0.4, 0.5) is 19.1 Å². The van der Waals surface area contributed by atoms with Crippen LogP contribution >= 0.6 is 0 Å². The van der Waals surface area contributed by atoms with Crippen LogP contribution in [-0.4, -0.2) is 43.6 Å². The fourth-order valence-corrected chi connectivity index (χ4v) is 4.51. The predicted octanol–water partition coefficient (Wildman–Crippen LogP) is 4.22. The molecule has 160 valence electrons. The third-order valence-corrected chi connectivity index (χ3v) is 5.85. The van der Waals surface area contributed by atoms with E-state index in [1.807, 2.05) is 19.1 Å². The topological polar surface area (TPSA) is 60.9 Å². The van der Waals surface area contributed by atoms with Crippen molar-refractivity contribution in [1.82, 2.24) is 24.8 Å². The number of aromatic nitrogens is 4. The van der Waals surface area contributed by atoms with Crippen molar-refractivity contribution < 1.29 is 13.2 Å². The van der Waals surface area contributed by atoms with Crippen LogP contribution in [-0.2, 0) is 6.42 Å². The number of alkyl halides is 3. The summed E-state index contributed by atoms with van der Waals surface area (Å²) >= 11 is 0.